The highest BCUT2D eigenvalue weighted by molar-refractivity contribution is 8.08. The van der Waals surface area contributed by atoms with E-state index in [0.29, 0.717) is 0 Å². The van der Waals surface area contributed by atoms with E-state index < -0.39 is 0 Å². The van der Waals surface area contributed by atoms with Crippen molar-refractivity contribution in [2.45, 2.75) is 61.4 Å². The van der Waals surface area contributed by atoms with Crippen molar-refractivity contribution < 1.29 is 0 Å². The second-order valence-corrected chi connectivity index (χ2v) is 11.2. The average Bonchev–Trinajstić information content (AvgIpc) is 3.32. The number of nitrogens with one attached hydrogen (secondary N) is 1. The Balaban J connectivity index is 1.49. The topological polar surface area (TPSA) is 31.9 Å². The SMILES string of the molecule is Cc1[nH]nc2c1C(c1ccccc1)C1=C(S2)N(Cc2ccccc2)C2(CCCCC2)S1. The van der Waals surface area contributed by atoms with Crippen molar-refractivity contribution in [1.82, 2.24) is 15.1 Å². The zero-order chi connectivity index (χ0) is 20.8. The van der Waals surface area contributed by atoms with E-state index in [-0.39, 0.29) is 10.8 Å². The lowest BCUT2D eigenvalue weighted by molar-refractivity contribution is 0.179. The molecule has 1 unspecified atom stereocenters. The number of fused-ring (bicyclic) bond motifs is 1. The van der Waals surface area contributed by atoms with Gasteiger partial charge in [0.1, 0.15) is 5.03 Å². The molecule has 3 nitrogen and oxygen atoms in total. The fourth-order valence-electron chi connectivity index (χ4n) is 5.39. The first-order chi connectivity index (χ1) is 15.3. The van der Waals surface area contributed by atoms with Crippen LogP contribution in [0.15, 0.2) is 75.6 Å². The Hall–Kier alpha value is -2.11. The van der Waals surface area contributed by atoms with Crippen LogP contribution in [0.1, 0.15) is 60.4 Å². The first-order valence-electron chi connectivity index (χ1n) is 11.3. The van der Waals surface area contributed by atoms with Crippen LogP contribution in [0.25, 0.3) is 0 Å². The van der Waals surface area contributed by atoms with Gasteiger partial charge < -0.3 is 4.90 Å². The van der Waals surface area contributed by atoms with Gasteiger partial charge in [0.05, 0.1) is 9.90 Å². The summed E-state index contributed by atoms with van der Waals surface area (Å²) in [5.74, 6) is 0.274. The van der Waals surface area contributed by atoms with Gasteiger partial charge >= 0.3 is 0 Å². The molecule has 1 aliphatic carbocycles. The lowest BCUT2D eigenvalue weighted by Gasteiger charge is -2.43. The number of hydrogen-bond donors (Lipinski definition) is 1. The minimum Gasteiger partial charge on any atom is -0.346 e. The summed E-state index contributed by atoms with van der Waals surface area (Å²) < 4.78 is 0. The highest BCUT2D eigenvalue weighted by Gasteiger charge is 2.51. The average molecular weight is 446 g/mol. The Labute approximate surface area is 192 Å². The summed E-state index contributed by atoms with van der Waals surface area (Å²) in [4.78, 5) is 4.46. The fraction of sp³-hybridized carbons (Fsp3) is 0.346. The van der Waals surface area contributed by atoms with Crippen LogP contribution in [0, 0.1) is 6.92 Å². The molecule has 0 radical (unpaired) electrons. The Morgan fingerprint density at radius 3 is 2.45 bits per heavy atom. The van der Waals surface area contributed by atoms with Gasteiger partial charge in [-0.2, -0.15) is 5.10 Å². The number of allylic oxidation sites excluding steroid dienone is 1. The van der Waals surface area contributed by atoms with Crippen molar-refractivity contribution in [1.29, 1.82) is 0 Å². The fourth-order valence-corrected chi connectivity index (χ4v) is 8.66. The standard InChI is InChI=1S/C26H27N3S2/c1-18-21-22(20-13-7-3-8-14-20)23-25(30-24(21)28-27-18)29(17-19-11-5-2-6-12-19)26(31-23)15-9-4-10-16-26/h2-3,5-8,11-14,22H,4,9-10,15-17H2,1H3,(H,27,28). The second-order valence-electron chi connectivity index (χ2n) is 8.86. The van der Waals surface area contributed by atoms with Gasteiger partial charge in [0.25, 0.3) is 0 Å². The van der Waals surface area contributed by atoms with Crippen LogP contribution in [-0.2, 0) is 6.54 Å². The largest absolute Gasteiger partial charge is 0.346 e. The summed E-state index contributed by atoms with van der Waals surface area (Å²) in [6.45, 7) is 3.14. The summed E-state index contributed by atoms with van der Waals surface area (Å²) in [6, 6.07) is 22.0. The maximum Gasteiger partial charge on any atom is 0.129 e. The van der Waals surface area contributed by atoms with E-state index in [0.717, 1.165) is 11.6 Å². The normalized spacial score (nSPS) is 22.0. The molecule has 1 atom stereocenters. The minimum atomic E-state index is 0.180. The van der Waals surface area contributed by atoms with Crippen molar-refractivity contribution >= 4 is 23.5 Å². The number of aryl methyl sites for hydroxylation is 1. The van der Waals surface area contributed by atoms with Gasteiger partial charge in [-0.15, -0.1) is 0 Å². The van der Waals surface area contributed by atoms with E-state index in [1.54, 1.807) is 0 Å². The molecule has 2 aromatic carbocycles. The summed E-state index contributed by atoms with van der Waals surface area (Å²) in [7, 11) is 0. The van der Waals surface area contributed by atoms with E-state index >= 15 is 0 Å². The molecule has 0 bridgehead atoms. The number of nitrogens with zero attached hydrogens (tertiary/aromatic N) is 2. The molecule has 0 amide bonds. The first-order valence-corrected chi connectivity index (χ1v) is 12.9. The van der Waals surface area contributed by atoms with Crippen LogP contribution in [-0.4, -0.2) is 20.0 Å². The van der Waals surface area contributed by atoms with E-state index in [1.165, 1.54) is 64.4 Å². The van der Waals surface area contributed by atoms with Crippen LogP contribution in [0.3, 0.4) is 0 Å². The third kappa shape index (κ3) is 3.25. The number of hydrogen-bond acceptors (Lipinski definition) is 4. The van der Waals surface area contributed by atoms with Crippen LogP contribution in [0.4, 0.5) is 0 Å². The molecule has 5 heteroatoms. The molecule has 3 aliphatic rings. The van der Waals surface area contributed by atoms with E-state index in [9.17, 15) is 0 Å². The van der Waals surface area contributed by atoms with Gasteiger partial charge in [-0.05, 0) is 42.7 Å². The van der Waals surface area contributed by atoms with E-state index in [1.807, 2.05) is 11.8 Å². The highest BCUT2D eigenvalue weighted by Crippen LogP contribution is 2.64. The highest BCUT2D eigenvalue weighted by atomic mass is 32.2. The molecule has 1 aromatic heterocycles. The molecule has 6 rings (SSSR count). The predicted octanol–water partition coefficient (Wildman–Crippen LogP) is 7.03. The second kappa shape index (κ2) is 7.79. The Kier molecular flexibility index (Phi) is 4.91. The molecule has 3 heterocycles. The van der Waals surface area contributed by atoms with Gasteiger partial charge in [0.15, 0.2) is 0 Å². The molecular weight excluding hydrogens is 418 g/mol. The van der Waals surface area contributed by atoms with E-state index in [4.69, 9.17) is 5.10 Å². The molecular formula is C26H27N3S2. The number of aromatic nitrogens is 2. The Bertz CT molecular complexity index is 1110. The lowest BCUT2D eigenvalue weighted by atomic mass is 9.90. The smallest absolute Gasteiger partial charge is 0.129 e. The van der Waals surface area contributed by atoms with Gasteiger partial charge in [0.2, 0.25) is 0 Å². The molecule has 3 aromatic rings. The Morgan fingerprint density at radius 1 is 1.00 bits per heavy atom. The molecule has 158 valence electrons. The monoisotopic (exact) mass is 445 g/mol. The lowest BCUT2D eigenvalue weighted by Crippen LogP contribution is -2.42. The quantitative estimate of drug-likeness (QED) is 0.469. The van der Waals surface area contributed by atoms with Crippen molar-refractivity contribution in [2.24, 2.45) is 0 Å². The van der Waals surface area contributed by atoms with Crippen molar-refractivity contribution in [3.05, 3.63) is 93.0 Å². The van der Waals surface area contributed by atoms with Crippen LogP contribution >= 0.6 is 23.5 Å². The zero-order valence-electron chi connectivity index (χ0n) is 17.8. The van der Waals surface area contributed by atoms with Crippen molar-refractivity contribution in [3.63, 3.8) is 0 Å². The zero-order valence-corrected chi connectivity index (χ0v) is 19.4. The number of benzene rings is 2. The maximum atomic E-state index is 4.74. The first kappa shape index (κ1) is 19.6. The maximum absolute atomic E-state index is 4.74. The molecule has 2 aliphatic heterocycles. The van der Waals surface area contributed by atoms with Gasteiger partial charge in [0, 0.05) is 28.6 Å². The van der Waals surface area contributed by atoms with Crippen molar-refractivity contribution in [3.8, 4) is 0 Å². The summed E-state index contributed by atoms with van der Waals surface area (Å²) in [5.41, 5.74) is 5.33. The van der Waals surface area contributed by atoms with Gasteiger partial charge in [-0.3, -0.25) is 5.10 Å². The molecule has 1 saturated carbocycles. The minimum absolute atomic E-state index is 0.180. The van der Waals surface area contributed by atoms with Crippen LogP contribution < -0.4 is 0 Å². The summed E-state index contributed by atoms with van der Waals surface area (Å²) in [6.07, 6.45) is 6.54. The molecule has 1 fully saturated rings. The third-order valence-electron chi connectivity index (χ3n) is 6.90. The number of thioether (sulfide) groups is 2. The molecule has 31 heavy (non-hydrogen) atoms. The van der Waals surface area contributed by atoms with Crippen molar-refractivity contribution in [2.75, 3.05) is 0 Å². The number of aromatic amines is 1. The number of rotatable bonds is 3. The molecule has 1 N–H and O–H groups in total. The van der Waals surface area contributed by atoms with E-state index in [2.05, 4.69) is 89.3 Å². The Morgan fingerprint density at radius 2 is 1.71 bits per heavy atom. The van der Waals surface area contributed by atoms with Crippen LogP contribution in [0.2, 0.25) is 0 Å². The van der Waals surface area contributed by atoms with Gasteiger partial charge in [-0.25, -0.2) is 0 Å². The summed E-state index contributed by atoms with van der Waals surface area (Å²) >= 11 is 4.05. The number of H-pyrrole nitrogens is 1. The summed E-state index contributed by atoms with van der Waals surface area (Å²) in [5, 5.41) is 10.6. The molecule has 0 saturated heterocycles. The van der Waals surface area contributed by atoms with Crippen LogP contribution in [0.5, 0.6) is 0 Å². The predicted molar refractivity (Wildman–Crippen MR) is 130 cm³/mol. The van der Waals surface area contributed by atoms with Gasteiger partial charge in [-0.1, -0.05) is 91.7 Å². The molecule has 1 spiro atoms. The third-order valence-corrected chi connectivity index (χ3v) is 9.83.